The van der Waals surface area contributed by atoms with E-state index >= 15 is 0 Å². The average molecular weight is 284 g/mol. The third-order valence-corrected chi connectivity index (χ3v) is 3.71. The first-order valence-corrected chi connectivity index (χ1v) is 6.55. The topological polar surface area (TPSA) is 23.5 Å². The fraction of sp³-hybridized carbons (Fsp3) is 0.538. The molecule has 1 aliphatic rings. The molecular weight excluding hydrogens is 266 g/mol. The van der Waals surface area contributed by atoms with Gasteiger partial charge in [0.15, 0.2) is 0 Å². The van der Waals surface area contributed by atoms with Crippen molar-refractivity contribution in [2.45, 2.75) is 45.4 Å². The van der Waals surface area contributed by atoms with Gasteiger partial charge in [0.25, 0.3) is 0 Å². The number of rotatable bonds is 2. The molecule has 2 atom stereocenters. The van der Waals surface area contributed by atoms with Crippen molar-refractivity contribution in [3.63, 3.8) is 0 Å². The lowest BCUT2D eigenvalue weighted by atomic mass is 10.1. The standard InChI is InChI=1S/C13H18BrNO/c1-8(2)15-12-5-4-11(14)6-10(12)7-13(15)9(3)16/h4-6,8-9,13,16H,7H2,1-3H3. The molecular formula is C13H18BrNO. The van der Waals surface area contributed by atoms with Crippen molar-refractivity contribution in [1.29, 1.82) is 0 Å². The molecule has 3 heteroatoms. The molecule has 1 aromatic rings. The molecule has 1 N–H and O–H groups in total. The molecule has 2 rings (SSSR count). The van der Waals surface area contributed by atoms with Crippen LogP contribution in [0.2, 0.25) is 0 Å². The molecule has 0 spiro atoms. The maximum absolute atomic E-state index is 9.86. The van der Waals surface area contributed by atoms with Gasteiger partial charge in [0.1, 0.15) is 0 Å². The fourth-order valence-electron chi connectivity index (χ4n) is 2.54. The maximum atomic E-state index is 9.86. The van der Waals surface area contributed by atoms with Gasteiger partial charge in [-0.3, -0.25) is 0 Å². The number of benzene rings is 1. The minimum absolute atomic E-state index is 0.212. The van der Waals surface area contributed by atoms with Crippen LogP contribution in [0.4, 0.5) is 5.69 Å². The quantitative estimate of drug-likeness (QED) is 0.902. The summed E-state index contributed by atoms with van der Waals surface area (Å²) in [6.07, 6.45) is 0.638. The fourth-order valence-corrected chi connectivity index (χ4v) is 2.94. The Balaban J connectivity index is 2.41. The molecule has 0 bridgehead atoms. The Hall–Kier alpha value is -0.540. The normalized spacial score (nSPS) is 21.4. The summed E-state index contributed by atoms with van der Waals surface area (Å²) in [5.41, 5.74) is 2.60. The van der Waals surface area contributed by atoms with Gasteiger partial charge in [0.05, 0.1) is 12.1 Å². The van der Waals surface area contributed by atoms with E-state index in [4.69, 9.17) is 0 Å². The lowest BCUT2D eigenvalue weighted by molar-refractivity contribution is 0.159. The number of aliphatic hydroxyl groups excluding tert-OH is 1. The lowest BCUT2D eigenvalue weighted by Crippen LogP contribution is -2.44. The summed E-state index contributed by atoms with van der Waals surface area (Å²) in [4.78, 5) is 2.33. The first kappa shape index (κ1) is 11.9. The number of hydrogen-bond donors (Lipinski definition) is 1. The summed E-state index contributed by atoms with van der Waals surface area (Å²) in [5.74, 6) is 0. The van der Waals surface area contributed by atoms with Crippen LogP contribution in [0.1, 0.15) is 26.3 Å². The first-order valence-electron chi connectivity index (χ1n) is 5.75. The predicted molar refractivity (Wildman–Crippen MR) is 70.9 cm³/mol. The van der Waals surface area contributed by atoms with E-state index in [1.165, 1.54) is 11.3 Å². The average Bonchev–Trinajstić information content (AvgIpc) is 2.55. The van der Waals surface area contributed by atoms with E-state index in [0.29, 0.717) is 6.04 Å². The summed E-state index contributed by atoms with van der Waals surface area (Å²) in [6, 6.07) is 7.00. The predicted octanol–water partition coefficient (Wildman–Crippen LogP) is 2.97. The third kappa shape index (κ3) is 1.98. The largest absolute Gasteiger partial charge is 0.391 e. The number of anilines is 1. The molecule has 0 radical (unpaired) electrons. The third-order valence-electron chi connectivity index (χ3n) is 3.22. The molecule has 0 amide bonds. The second kappa shape index (κ2) is 4.38. The van der Waals surface area contributed by atoms with Crippen LogP contribution in [0.5, 0.6) is 0 Å². The van der Waals surface area contributed by atoms with Crippen molar-refractivity contribution in [2.75, 3.05) is 4.90 Å². The van der Waals surface area contributed by atoms with Crippen molar-refractivity contribution >= 4 is 21.6 Å². The van der Waals surface area contributed by atoms with Crippen LogP contribution in [-0.2, 0) is 6.42 Å². The van der Waals surface area contributed by atoms with Crippen molar-refractivity contribution in [3.05, 3.63) is 28.2 Å². The number of aliphatic hydroxyl groups is 1. The summed E-state index contributed by atoms with van der Waals surface area (Å²) in [7, 11) is 0. The van der Waals surface area contributed by atoms with Crippen LogP contribution in [0.25, 0.3) is 0 Å². The maximum Gasteiger partial charge on any atom is 0.0718 e. The van der Waals surface area contributed by atoms with Gasteiger partial charge in [-0.05, 0) is 51.0 Å². The van der Waals surface area contributed by atoms with E-state index in [1.807, 2.05) is 6.92 Å². The van der Waals surface area contributed by atoms with Crippen molar-refractivity contribution in [3.8, 4) is 0 Å². The summed E-state index contributed by atoms with van der Waals surface area (Å²) in [5, 5.41) is 9.86. The molecule has 1 aromatic carbocycles. The van der Waals surface area contributed by atoms with E-state index in [1.54, 1.807) is 0 Å². The van der Waals surface area contributed by atoms with Gasteiger partial charge >= 0.3 is 0 Å². The smallest absolute Gasteiger partial charge is 0.0718 e. The van der Waals surface area contributed by atoms with Gasteiger partial charge in [-0.1, -0.05) is 15.9 Å². The van der Waals surface area contributed by atoms with Gasteiger partial charge in [-0.25, -0.2) is 0 Å². The number of halogens is 1. The molecule has 16 heavy (non-hydrogen) atoms. The molecule has 0 fully saturated rings. The Morgan fingerprint density at radius 1 is 1.38 bits per heavy atom. The zero-order valence-corrected chi connectivity index (χ0v) is 11.5. The monoisotopic (exact) mass is 283 g/mol. The van der Waals surface area contributed by atoms with Crippen molar-refractivity contribution in [1.82, 2.24) is 0 Å². The van der Waals surface area contributed by atoms with Crippen LogP contribution in [0, 0.1) is 0 Å². The molecule has 2 unspecified atom stereocenters. The second-order valence-corrected chi connectivity index (χ2v) is 5.70. The Morgan fingerprint density at radius 2 is 2.06 bits per heavy atom. The van der Waals surface area contributed by atoms with E-state index in [2.05, 4.69) is 52.9 Å². The van der Waals surface area contributed by atoms with Gasteiger partial charge in [0, 0.05) is 16.2 Å². The summed E-state index contributed by atoms with van der Waals surface area (Å²) < 4.78 is 1.11. The summed E-state index contributed by atoms with van der Waals surface area (Å²) in [6.45, 7) is 6.22. The van der Waals surface area contributed by atoms with E-state index < -0.39 is 0 Å². The zero-order chi connectivity index (χ0) is 11.9. The molecule has 0 saturated carbocycles. The SMILES string of the molecule is CC(O)C1Cc2cc(Br)ccc2N1C(C)C. The highest BCUT2D eigenvalue weighted by atomic mass is 79.9. The highest BCUT2D eigenvalue weighted by molar-refractivity contribution is 9.10. The lowest BCUT2D eigenvalue weighted by Gasteiger charge is -2.33. The number of fused-ring (bicyclic) bond motifs is 1. The van der Waals surface area contributed by atoms with Gasteiger partial charge < -0.3 is 10.0 Å². The molecule has 0 saturated heterocycles. The van der Waals surface area contributed by atoms with Crippen LogP contribution >= 0.6 is 15.9 Å². The zero-order valence-electron chi connectivity index (χ0n) is 9.94. The number of nitrogens with zero attached hydrogens (tertiary/aromatic N) is 1. The molecule has 1 aliphatic heterocycles. The second-order valence-electron chi connectivity index (χ2n) is 4.79. The van der Waals surface area contributed by atoms with Gasteiger partial charge in [-0.15, -0.1) is 0 Å². The molecule has 1 heterocycles. The van der Waals surface area contributed by atoms with Gasteiger partial charge in [0.2, 0.25) is 0 Å². The van der Waals surface area contributed by atoms with Gasteiger partial charge in [-0.2, -0.15) is 0 Å². The highest BCUT2D eigenvalue weighted by Gasteiger charge is 2.33. The van der Waals surface area contributed by atoms with E-state index in [9.17, 15) is 5.11 Å². The molecule has 0 aromatic heterocycles. The molecule has 0 aliphatic carbocycles. The first-order chi connectivity index (χ1) is 7.50. The van der Waals surface area contributed by atoms with E-state index in [0.717, 1.165) is 10.9 Å². The number of hydrogen-bond acceptors (Lipinski definition) is 2. The minimum atomic E-state index is -0.298. The summed E-state index contributed by atoms with van der Waals surface area (Å²) >= 11 is 3.50. The van der Waals surface area contributed by atoms with Crippen LogP contribution < -0.4 is 4.90 Å². The van der Waals surface area contributed by atoms with Crippen LogP contribution in [0.15, 0.2) is 22.7 Å². The molecule has 88 valence electrons. The Morgan fingerprint density at radius 3 is 2.62 bits per heavy atom. The molecule has 2 nitrogen and oxygen atoms in total. The van der Waals surface area contributed by atoms with Crippen molar-refractivity contribution < 1.29 is 5.11 Å². The van der Waals surface area contributed by atoms with E-state index in [-0.39, 0.29) is 12.1 Å². The Kier molecular flexibility index (Phi) is 3.27. The van der Waals surface area contributed by atoms with Crippen LogP contribution in [0.3, 0.4) is 0 Å². The van der Waals surface area contributed by atoms with Crippen LogP contribution in [-0.4, -0.2) is 23.3 Å². The highest BCUT2D eigenvalue weighted by Crippen LogP contribution is 2.36. The van der Waals surface area contributed by atoms with Crippen molar-refractivity contribution in [2.24, 2.45) is 0 Å². The Labute approximate surface area is 105 Å². The minimum Gasteiger partial charge on any atom is -0.391 e. The Bertz CT molecular complexity index is 390.